The zero-order valence-electron chi connectivity index (χ0n) is 8.68. The minimum absolute atomic E-state index is 0.222. The Balaban J connectivity index is 2.14. The molecule has 2 rings (SSSR count). The Hall–Kier alpha value is -1.81. The van der Waals surface area contributed by atoms with Gasteiger partial charge in [-0.05, 0) is 29.7 Å². The van der Waals surface area contributed by atoms with E-state index in [9.17, 15) is 4.39 Å². The van der Waals surface area contributed by atoms with Crippen molar-refractivity contribution < 1.29 is 4.39 Å². The molecule has 0 spiro atoms. The average molecular weight is 217 g/mol. The van der Waals surface area contributed by atoms with Gasteiger partial charge in [-0.15, -0.1) is 0 Å². The third-order valence-electron chi connectivity index (χ3n) is 2.43. The van der Waals surface area contributed by atoms with Gasteiger partial charge in [-0.2, -0.15) is 10.2 Å². The summed E-state index contributed by atoms with van der Waals surface area (Å²) in [6.45, 7) is 0. The number of rotatable bonds is 3. The summed E-state index contributed by atoms with van der Waals surface area (Å²) in [6.07, 6.45) is 3.64. The molecule has 1 unspecified atom stereocenters. The van der Waals surface area contributed by atoms with Crippen LogP contribution in [0.4, 0.5) is 4.39 Å². The zero-order valence-corrected chi connectivity index (χ0v) is 8.68. The molecule has 4 heteroatoms. The van der Waals surface area contributed by atoms with Crippen LogP contribution in [0.15, 0.2) is 42.7 Å². The van der Waals surface area contributed by atoms with E-state index in [0.717, 1.165) is 5.56 Å². The van der Waals surface area contributed by atoms with Crippen LogP contribution in [0, 0.1) is 5.82 Å². The second-order valence-corrected chi connectivity index (χ2v) is 3.58. The summed E-state index contributed by atoms with van der Waals surface area (Å²) in [5, 5.41) is 7.42. The van der Waals surface area contributed by atoms with Crippen LogP contribution in [0.2, 0.25) is 0 Å². The number of aromatic nitrogens is 2. The van der Waals surface area contributed by atoms with Gasteiger partial charge in [0, 0.05) is 12.2 Å². The molecule has 0 bridgehead atoms. The highest BCUT2D eigenvalue weighted by Gasteiger charge is 2.09. The molecule has 16 heavy (non-hydrogen) atoms. The fourth-order valence-electron chi connectivity index (χ4n) is 1.54. The fraction of sp³-hybridized carbons (Fsp3) is 0.167. The molecule has 82 valence electrons. The van der Waals surface area contributed by atoms with E-state index in [1.807, 2.05) is 0 Å². The first-order valence-electron chi connectivity index (χ1n) is 5.03. The van der Waals surface area contributed by atoms with Gasteiger partial charge < -0.3 is 5.73 Å². The number of halogens is 1. The SMILES string of the molecule is NC(Cc1ccccc1F)c1ccnnc1. The number of hydrogen-bond acceptors (Lipinski definition) is 3. The second-order valence-electron chi connectivity index (χ2n) is 3.58. The minimum Gasteiger partial charge on any atom is -0.324 e. The van der Waals surface area contributed by atoms with E-state index >= 15 is 0 Å². The van der Waals surface area contributed by atoms with Crippen molar-refractivity contribution in [2.75, 3.05) is 0 Å². The number of hydrogen-bond donors (Lipinski definition) is 1. The Kier molecular flexibility index (Phi) is 3.22. The first kappa shape index (κ1) is 10.7. The van der Waals surface area contributed by atoms with Crippen LogP contribution in [0.25, 0.3) is 0 Å². The van der Waals surface area contributed by atoms with Gasteiger partial charge in [0.15, 0.2) is 0 Å². The van der Waals surface area contributed by atoms with Crippen molar-refractivity contribution in [3.05, 3.63) is 59.7 Å². The Morgan fingerprint density at radius 2 is 2.00 bits per heavy atom. The van der Waals surface area contributed by atoms with Crippen LogP contribution >= 0.6 is 0 Å². The number of nitrogens with zero attached hydrogens (tertiary/aromatic N) is 2. The molecule has 2 N–H and O–H groups in total. The minimum atomic E-state index is -0.257. The van der Waals surface area contributed by atoms with E-state index in [2.05, 4.69) is 10.2 Å². The Bertz CT molecular complexity index is 459. The number of benzene rings is 1. The quantitative estimate of drug-likeness (QED) is 0.853. The molecule has 0 saturated heterocycles. The van der Waals surface area contributed by atoms with Crippen LogP contribution in [0.3, 0.4) is 0 Å². The lowest BCUT2D eigenvalue weighted by Gasteiger charge is -2.11. The maximum absolute atomic E-state index is 13.4. The maximum atomic E-state index is 13.4. The van der Waals surface area contributed by atoms with E-state index in [-0.39, 0.29) is 11.9 Å². The molecule has 0 aliphatic carbocycles. The molecule has 0 amide bonds. The van der Waals surface area contributed by atoms with E-state index in [0.29, 0.717) is 12.0 Å². The van der Waals surface area contributed by atoms with Crippen molar-refractivity contribution in [2.24, 2.45) is 5.73 Å². The third kappa shape index (κ3) is 2.41. The summed E-state index contributed by atoms with van der Waals surface area (Å²) in [5.74, 6) is -0.222. The third-order valence-corrected chi connectivity index (χ3v) is 2.43. The van der Waals surface area contributed by atoms with E-state index in [1.54, 1.807) is 36.7 Å². The molecule has 0 radical (unpaired) electrons. The Labute approximate surface area is 93.1 Å². The normalized spacial score (nSPS) is 12.4. The van der Waals surface area contributed by atoms with Crippen LogP contribution in [-0.4, -0.2) is 10.2 Å². The van der Waals surface area contributed by atoms with Crippen LogP contribution in [0.5, 0.6) is 0 Å². The van der Waals surface area contributed by atoms with E-state index in [1.165, 1.54) is 6.07 Å². The summed E-state index contributed by atoms with van der Waals surface area (Å²) in [5.41, 5.74) is 7.44. The lowest BCUT2D eigenvalue weighted by molar-refractivity contribution is 0.592. The van der Waals surface area contributed by atoms with Crippen molar-refractivity contribution in [3.8, 4) is 0 Å². The molecule has 0 aliphatic heterocycles. The highest BCUT2D eigenvalue weighted by molar-refractivity contribution is 5.21. The lowest BCUT2D eigenvalue weighted by Crippen LogP contribution is -2.14. The number of nitrogens with two attached hydrogens (primary N) is 1. The van der Waals surface area contributed by atoms with Gasteiger partial charge in [0.25, 0.3) is 0 Å². The Morgan fingerprint density at radius 1 is 1.19 bits per heavy atom. The van der Waals surface area contributed by atoms with Crippen LogP contribution in [-0.2, 0) is 6.42 Å². The molecule has 2 aromatic rings. The first-order chi connectivity index (χ1) is 7.77. The van der Waals surface area contributed by atoms with E-state index in [4.69, 9.17) is 5.73 Å². The monoisotopic (exact) mass is 217 g/mol. The van der Waals surface area contributed by atoms with Gasteiger partial charge in [-0.1, -0.05) is 18.2 Å². The molecule has 1 aromatic carbocycles. The summed E-state index contributed by atoms with van der Waals surface area (Å²) < 4.78 is 13.4. The summed E-state index contributed by atoms with van der Waals surface area (Å²) >= 11 is 0. The molecule has 3 nitrogen and oxygen atoms in total. The summed E-state index contributed by atoms with van der Waals surface area (Å²) in [6, 6.07) is 8.18. The van der Waals surface area contributed by atoms with Gasteiger partial charge in [-0.3, -0.25) is 0 Å². The van der Waals surface area contributed by atoms with Crippen molar-refractivity contribution in [1.82, 2.24) is 10.2 Å². The molecule has 0 aliphatic rings. The lowest BCUT2D eigenvalue weighted by atomic mass is 10.0. The van der Waals surface area contributed by atoms with Gasteiger partial charge in [0.2, 0.25) is 0 Å². The van der Waals surface area contributed by atoms with Crippen molar-refractivity contribution in [3.63, 3.8) is 0 Å². The van der Waals surface area contributed by atoms with Crippen LogP contribution in [0.1, 0.15) is 17.2 Å². The predicted molar refractivity (Wildman–Crippen MR) is 59.1 cm³/mol. The van der Waals surface area contributed by atoms with Gasteiger partial charge in [0.1, 0.15) is 5.82 Å². The highest BCUT2D eigenvalue weighted by Crippen LogP contribution is 2.16. The fourth-order valence-corrected chi connectivity index (χ4v) is 1.54. The largest absolute Gasteiger partial charge is 0.324 e. The maximum Gasteiger partial charge on any atom is 0.126 e. The molecule has 1 atom stereocenters. The average Bonchev–Trinajstić information content (AvgIpc) is 2.33. The molecular formula is C12H12FN3. The summed E-state index contributed by atoms with van der Waals surface area (Å²) in [7, 11) is 0. The Morgan fingerprint density at radius 3 is 2.69 bits per heavy atom. The predicted octanol–water partition coefficient (Wildman–Crippen LogP) is 1.86. The zero-order chi connectivity index (χ0) is 11.4. The van der Waals surface area contributed by atoms with E-state index < -0.39 is 0 Å². The van der Waals surface area contributed by atoms with Crippen molar-refractivity contribution in [2.45, 2.75) is 12.5 Å². The first-order valence-corrected chi connectivity index (χ1v) is 5.03. The van der Waals surface area contributed by atoms with Crippen LogP contribution < -0.4 is 5.73 Å². The standard InChI is InChI=1S/C12H12FN3/c13-11-4-2-1-3-9(11)7-12(14)10-5-6-15-16-8-10/h1-6,8,12H,7,14H2. The van der Waals surface area contributed by atoms with Gasteiger partial charge in [-0.25, -0.2) is 4.39 Å². The molecule has 0 fully saturated rings. The molecule has 1 aromatic heterocycles. The van der Waals surface area contributed by atoms with Crippen molar-refractivity contribution >= 4 is 0 Å². The van der Waals surface area contributed by atoms with Gasteiger partial charge in [0.05, 0.1) is 6.20 Å². The molecule has 1 heterocycles. The van der Waals surface area contributed by atoms with Crippen molar-refractivity contribution in [1.29, 1.82) is 0 Å². The smallest absolute Gasteiger partial charge is 0.126 e. The molecule has 0 saturated carbocycles. The van der Waals surface area contributed by atoms with Gasteiger partial charge >= 0.3 is 0 Å². The summed E-state index contributed by atoms with van der Waals surface area (Å²) in [4.78, 5) is 0. The molecular weight excluding hydrogens is 205 g/mol. The highest BCUT2D eigenvalue weighted by atomic mass is 19.1. The second kappa shape index (κ2) is 4.81. The topological polar surface area (TPSA) is 51.8 Å².